The highest BCUT2D eigenvalue weighted by Gasteiger charge is 2.30. The van der Waals surface area contributed by atoms with Crippen molar-refractivity contribution in [3.63, 3.8) is 0 Å². The fraction of sp³-hybridized carbons (Fsp3) is 0.182. The molecule has 2 heterocycles. The Balaban J connectivity index is 1.41. The van der Waals surface area contributed by atoms with Gasteiger partial charge in [-0.2, -0.15) is 0 Å². The number of anilines is 2. The van der Waals surface area contributed by atoms with E-state index in [9.17, 15) is 18.0 Å². The number of thiophene rings is 1. The Bertz CT molecular complexity index is 1240. The fourth-order valence-corrected chi connectivity index (χ4v) is 5.67. The van der Waals surface area contributed by atoms with Crippen molar-refractivity contribution in [3.8, 4) is 0 Å². The van der Waals surface area contributed by atoms with Crippen LogP contribution in [0, 0.1) is 0 Å². The van der Waals surface area contributed by atoms with Gasteiger partial charge in [0.1, 0.15) is 6.04 Å². The van der Waals surface area contributed by atoms with E-state index in [0.717, 1.165) is 4.88 Å². The number of carbonyl (C=O) groups excluding carboxylic acids is 2. The van der Waals surface area contributed by atoms with Crippen LogP contribution in [0.1, 0.15) is 20.8 Å². The van der Waals surface area contributed by atoms with Crippen LogP contribution in [0.2, 0.25) is 5.02 Å². The van der Waals surface area contributed by atoms with E-state index < -0.39 is 21.8 Å². The van der Waals surface area contributed by atoms with Gasteiger partial charge in [-0.1, -0.05) is 29.8 Å². The molecule has 7 nitrogen and oxygen atoms in total. The lowest BCUT2D eigenvalue weighted by atomic mass is 10.1. The molecule has 0 fully saturated rings. The zero-order chi connectivity index (χ0) is 22.7. The number of hydrogen-bond acceptors (Lipinski definition) is 6. The molecule has 0 bridgehead atoms. The van der Waals surface area contributed by atoms with Crippen molar-refractivity contribution in [2.45, 2.75) is 18.3 Å². The molecule has 32 heavy (non-hydrogen) atoms. The molecule has 1 aliphatic heterocycles. The van der Waals surface area contributed by atoms with Crippen LogP contribution in [0.3, 0.4) is 0 Å². The Morgan fingerprint density at radius 2 is 1.88 bits per heavy atom. The number of hydrogen-bond donors (Lipinski definition) is 3. The lowest BCUT2D eigenvalue weighted by molar-refractivity contribution is -0.116. The molecule has 0 saturated heterocycles. The molecule has 0 saturated carbocycles. The van der Waals surface area contributed by atoms with E-state index in [1.165, 1.54) is 0 Å². The zero-order valence-electron chi connectivity index (χ0n) is 16.8. The minimum absolute atomic E-state index is 0.189. The van der Waals surface area contributed by atoms with E-state index in [0.29, 0.717) is 34.1 Å². The average molecular weight is 490 g/mol. The number of halogens is 1. The molecule has 2 amide bonds. The van der Waals surface area contributed by atoms with E-state index >= 15 is 0 Å². The first-order chi connectivity index (χ1) is 15.3. The van der Waals surface area contributed by atoms with Gasteiger partial charge in [0, 0.05) is 15.5 Å². The third-order valence-corrected chi connectivity index (χ3v) is 7.65. The van der Waals surface area contributed by atoms with Crippen molar-refractivity contribution in [1.82, 2.24) is 5.32 Å². The lowest BCUT2D eigenvalue weighted by Crippen LogP contribution is -2.43. The predicted molar refractivity (Wildman–Crippen MR) is 127 cm³/mol. The number of fused-ring (bicyclic) bond motifs is 1. The molecule has 2 aromatic carbocycles. The van der Waals surface area contributed by atoms with E-state index in [1.54, 1.807) is 53.8 Å². The summed E-state index contributed by atoms with van der Waals surface area (Å²) in [6.45, 7) is 0.422. The third kappa shape index (κ3) is 5.48. The van der Waals surface area contributed by atoms with Gasteiger partial charge in [-0.15, -0.1) is 11.3 Å². The molecule has 1 aromatic heterocycles. The van der Waals surface area contributed by atoms with Crippen molar-refractivity contribution >= 4 is 56.0 Å². The summed E-state index contributed by atoms with van der Waals surface area (Å²) in [7, 11) is -3.56. The summed E-state index contributed by atoms with van der Waals surface area (Å²) in [6.07, 6.45) is 0. The van der Waals surface area contributed by atoms with Crippen LogP contribution >= 0.6 is 22.9 Å². The number of benzene rings is 2. The molecule has 4 rings (SSSR count). The van der Waals surface area contributed by atoms with Crippen LogP contribution in [0.5, 0.6) is 0 Å². The lowest BCUT2D eigenvalue weighted by Gasteiger charge is -2.27. The highest BCUT2D eigenvalue weighted by molar-refractivity contribution is 7.90. The minimum Gasteiger partial charge on any atom is -0.371 e. The average Bonchev–Trinajstić information content (AvgIpc) is 3.27. The smallest absolute Gasteiger partial charge is 0.251 e. The van der Waals surface area contributed by atoms with Crippen LogP contribution in [-0.4, -0.2) is 32.0 Å². The van der Waals surface area contributed by atoms with Crippen LogP contribution in [0.25, 0.3) is 0 Å². The molecule has 0 radical (unpaired) electrons. The van der Waals surface area contributed by atoms with E-state index in [-0.39, 0.29) is 17.4 Å². The second-order valence-corrected chi connectivity index (χ2v) is 11.0. The van der Waals surface area contributed by atoms with Gasteiger partial charge in [0.25, 0.3) is 5.91 Å². The second kappa shape index (κ2) is 9.32. The highest BCUT2D eigenvalue weighted by atomic mass is 35.5. The largest absolute Gasteiger partial charge is 0.371 e. The van der Waals surface area contributed by atoms with Crippen LogP contribution in [-0.2, 0) is 26.9 Å². The molecule has 0 unspecified atom stereocenters. The van der Waals surface area contributed by atoms with Crippen LogP contribution in [0.4, 0.5) is 11.4 Å². The minimum atomic E-state index is -3.56. The summed E-state index contributed by atoms with van der Waals surface area (Å²) in [6, 6.07) is 14.3. The van der Waals surface area contributed by atoms with Gasteiger partial charge in [0.2, 0.25) is 5.91 Å². The van der Waals surface area contributed by atoms with Gasteiger partial charge in [0.15, 0.2) is 9.84 Å². The van der Waals surface area contributed by atoms with Gasteiger partial charge < -0.3 is 16.0 Å². The molecule has 0 aliphatic carbocycles. The molecule has 166 valence electrons. The topological polar surface area (TPSA) is 104 Å². The zero-order valence-corrected chi connectivity index (χ0v) is 19.2. The van der Waals surface area contributed by atoms with Gasteiger partial charge in [-0.25, -0.2) is 8.42 Å². The Morgan fingerprint density at radius 1 is 1.09 bits per heavy atom. The summed E-state index contributed by atoms with van der Waals surface area (Å²) < 4.78 is 25.2. The number of rotatable bonds is 7. The molecular weight excluding hydrogens is 470 g/mol. The first-order valence-electron chi connectivity index (χ1n) is 9.76. The molecule has 0 spiro atoms. The first kappa shape index (κ1) is 22.3. The van der Waals surface area contributed by atoms with Crippen molar-refractivity contribution in [3.05, 3.63) is 81.0 Å². The van der Waals surface area contributed by atoms with Crippen molar-refractivity contribution in [2.75, 3.05) is 16.4 Å². The Labute approximate surface area is 194 Å². The normalized spacial score (nSPS) is 15.4. The standard InChI is InChI=1S/C22H20ClN3O4S2/c23-16-6-3-14(4-7-16)12-32(29,30)13-20-22(28)26-19-10-15(5-8-18(19)25-20)21(27)24-11-17-2-1-9-31-17/h1-10,20,25H,11-13H2,(H,24,27)(H,26,28)/t20-/m1/s1. The van der Waals surface area contributed by atoms with Crippen LogP contribution in [0.15, 0.2) is 60.0 Å². The first-order valence-corrected chi connectivity index (χ1v) is 12.8. The van der Waals surface area contributed by atoms with Gasteiger partial charge in [0.05, 0.1) is 29.4 Å². The second-order valence-electron chi connectivity index (χ2n) is 7.39. The SMILES string of the molecule is O=C(NCc1cccs1)c1ccc2c(c1)NC(=O)[C@@H](CS(=O)(=O)Cc1ccc(Cl)cc1)N2. The van der Waals surface area contributed by atoms with Crippen molar-refractivity contribution in [1.29, 1.82) is 0 Å². The number of amides is 2. The maximum Gasteiger partial charge on any atom is 0.251 e. The number of carbonyl (C=O) groups is 2. The van der Waals surface area contributed by atoms with Gasteiger partial charge >= 0.3 is 0 Å². The summed E-state index contributed by atoms with van der Waals surface area (Å²) >= 11 is 7.39. The molecule has 3 N–H and O–H groups in total. The maximum absolute atomic E-state index is 12.6. The van der Waals surface area contributed by atoms with Gasteiger partial charge in [-0.3, -0.25) is 9.59 Å². The summed E-state index contributed by atoms with van der Waals surface area (Å²) in [5.41, 5.74) is 2.00. The van der Waals surface area contributed by atoms with Crippen molar-refractivity contribution in [2.24, 2.45) is 0 Å². The van der Waals surface area contributed by atoms with Gasteiger partial charge in [-0.05, 0) is 47.3 Å². The number of sulfone groups is 1. The quantitative estimate of drug-likeness (QED) is 0.469. The summed E-state index contributed by atoms with van der Waals surface area (Å²) in [5, 5.41) is 11.0. The summed E-state index contributed by atoms with van der Waals surface area (Å²) in [5.74, 6) is -1.27. The van der Waals surface area contributed by atoms with E-state index in [4.69, 9.17) is 11.6 Å². The predicted octanol–water partition coefficient (Wildman–Crippen LogP) is 3.68. The molecule has 3 aromatic rings. The monoisotopic (exact) mass is 489 g/mol. The van der Waals surface area contributed by atoms with E-state index in [2.05, 4.69) is 16.0 Å². The molecule has 1 atom stereocenters. The Morgan fingerprint density at radius 3 is 2.59 bits per heavy atom. The maximum atomic E-state index is 12.6. The highest BCUT2D eigenvalue weighted by Crippen LogP contribution is 2.28. The molecule has 10 heteroatoms. The Hall–Kier alpha value is -2.88. The Kier molecular flexibility index (Phi) is 6.50. The fourth-order valence-electron chi connectivity index (χ4n) is 3.34. The number of nitrogens with one attached hydrogen (secondary N) is 3. The van der Waals surface area contributed by atoms with E-state index in [1.807, 2.05) is 17.5 Å². The molecule has 1 aliphatic rings. The molecular formula is C22H20ClN3O4S2. The van der Waals surface area contributed by atoms with Crippen LogP contribution < -0.4 is 16.0 Å². The summed E-state index contributed by atoms with van der Waals surface area (Å²) in [4.78, 5) is 26.0. The van der Waals surface area contributed by atoms with Crippen molar-refractivity contribution < 1.29 is 18.0 Å². The third-order valence-electron chi connectivity index (χ3n) is 4.91.